The Kier molecular flexibility index (Phi) is 6.53. The van der Waals surface area contributed by atoms with Crippen LogP contribution in [0.3, 0.4) is 0 Å². The fraction of sp³-hybridized carbons (Fsp3) is 0.147. The number of aryl methyl sites for hydroxylation is 3. The fourth-order valence-corrected chi connectivity index (χ4v) is 5.71. The molecule has 3 aromatic carbocycles. The Hall–Kier alpha value is -5.17. The molecular formula is C34H31N7. The van der Waals surface area contributed by atoms with Crippen molar-refractivity contribution in [3.8, 4) is 5.69 Å². The maximum Gasteiger partial charge on any atom is 0.160 e. The topological polar surface area (TPSA) is 87.2 Å². The van der Waals surface area contributed by atoms with Gasteiger partial charge in [-0.25, -0.2) is 0 Å². The number of hydrogen-bond acceptors (Lipinski definition) is 4. The van der Waals surface area contributed by atoms with E-state index in [0.717, 1.165) is 59.0 Å². The first-order valence-corrected chi connectivity index (χ1v) is 14.0. The van der Waals surface area contributed by atoms with Crippen LogP contribution in [0.4, 0.5) is 5.69 Å². The van der Waals surface area contributed by atoms with Gasteiger partial charge in [-0.3, -0.25) is 9.55 Å². The lowest BCUT2D eigenvalue weighted by Gasteiger charge is -2.22. The molecule has 41 heavy (non-hydrogen) atoms. The van der Waals surface area contributed by atoms with E-state index in [-0.39, 0.29) is 6.04 Å². The van der Waals surface area contributed by atoms with Gasteiger partial charge in [0, 0.05) is 58.9 Å². The van der Waals surface area contributed by atoms with Crippen LogP contribution < -0.4 is 5.32 Å². The molecule has 0 saturated carbocycles. The molecule has 0 saturated heterocycles. The first-order chi connectivity index (χ1) is 20.2. The number of rotatable bonds is 9. The molecule has 0 unspecified atom stereocenters. The molecular weight excluding hydrogens is 506 g/mol. The summed E-state index contributed by atoms with van der Waals surface area (Å²) in [6.45, 7) is 2.03. The van der Waals surface area contributed by atoms with Crippen LogP contribution in [0.5, 0.6) is 0 Å². The van der Waals surface area contributed by atoms with E-state index in [0.29, 0.717) is 0 Å². The third-order valence-corrected chi connectivity index (χ3v) is 7.81. The number of nitrogens with one attached hydrogen (secondary N) is 3. The van der Waals surface area contributed by atoms with Gasteiger partial charge < -0.3 is 15.3 Å². The molecule has 7 nitrogen and oxygen atoms in total. The highest BCUT2D eigenvalue weighted by Gasteiger charge is 2.25. The van der Waals surface area contributed by atoms with E-state index in [1.165, 1.54) is 21.9 Å². The second-order valence-electron chi connectivity index (χ2n) is 10.4. The van der Waals surface area contributed by atoms with Crippen molar-refractivity contribution in [2.75, 3.05) is 5.32 Å². The quantitative estimate of drug-likeness (QED) is 0.183. The molecule has 0 bridgehead atoms. The molecule has 3 N–H and O–H groups in total. The van der Waals surface area contributed by atoms with Crippen molar-refractivity contribution in [2.45, 2.75) is 32.2 Å². The summed E-state index contributed by atoms with van der Waals surface area (Å²) in [7, 11) is 0. The number of para-hydroxylation sites is 3. The van der Waals surface area contributed by atoms with Gasteiger partial charge in [0.1, 0.15) is 5.82 Å². The second-order valence-corrected chi connectivity index (χ2v) is 10.4. The molecule has 0 aliphatic heterocycles. The second kappa shape index (κ2) is 10.8. The molecule has 7 rings (SSSR count). The lowest BCUT2D eigenvalue weighted by molar-refractivity contribution is 0.686. The maximum absolute atomic E-state index is 4.85. The Balaban J connectivity index is 1.30. The first-order valence-electron chi connectivity index (χ1n) is 14.0. The van der Waals surface area contributed by atoms with Crippen LogP contribution in [-0.2, 0) is 19.3 Å². The van der Waals surface area contributed by atoms with Crippen molar-refractivity contribution >= 4 is 27.5 Å². The smallest absolute Gasteiger partial charge is 0.160 e. The Labute approximate surface area is 238 Å². The van der Waals surface area contributed by atoms with E-state index in [4.69, 9.17) is 10.2 Å². The predicted octanol–water partition coefficient (Wildman–Crippen LogP) is 7.11. The Bertz CT molecular complexity index is 1930. The monoisotopic (exact) mass is 537 g/mol. The number of aromatic nitrogens is 6. The minimum atomic E-state index is -0.147. The summed E-state index contributed by atoms with van der Waals surface area (Å²) in [5.74, 6) is 1.81. The SMILES string of the molecule is Cc1ncccc1N[C@H](Cc1c[nH]c2ccccc12)c1nnc(CCc2c[nH]c3ccccc23)n1-c1ccccc1. The molecule has 7 aromatic rings. The zero-order valence-electron chi connectivity index (χ0n) is 22.9. The van der Waals surface area contributed by atoms with E-state index in [2.05, 4.69) is 116 Å². The highest BCUT2D eigenvalue weighted by molar-refractivity contribution is 5.83. The summed E-state index contributed by atoms with van der Waals surface area (Å²) in [5, 5.41) is 15.9. The number of benzene rings is 3. The number of fused-ring (bicyclic) bond motifs is 2. The summed E-state index contributed by atoms with van der Waals surface area (Å²) in [5.41, 5.74) is 7.77. The molecule has 0 aliphatic rings. The Morgan fingerprint density at radius 3 is 2.17 bits per heavy atom. The molecule has 202 valence electrons. The lowest BCUT2D eigenvalue weighted by Crippen LogP contribution is -2.20. The fourth-order valence-electron chi connectivity index (χ4n) is 5.71. The van der Waals surface area contributed by atoms with E-state index in [1.54, 1.807) is 0 Å². The molecule has 4 aromatic heterocycles. The van der Waals surface area contributed by atoms with Gasteiger partial charge in [-0.2, -0.15) is 0 Å². The molecule has 7 heteroatoms. The van der Waals surface area contributed by atoms with Gasteiger partial charge in [-0.05, 0) is 60.9 Å². The molecule has 0 fully saturated rings. The standard InChI is InChI=1S/C34H31N7/c1-23-29(16-9-19-35-23)38-32(20-25-22-37-31-15-8-6-13-28(25)31)34-40-39-33(41(34)26-10-3-2-4-11-26)18-17-24-21-36-30-14-7-5-12-27(24)30/h2-16,19,21-22,32,36-38H,17-18,20H2,1H3/t32-/m1/s1. The summed E-state index contributed by atoms with van der Waals surface area (Å²) in [6, 6.07) is 31.2. The minimum absolute atomic E-state index is 0.147. The van der Waals surface area contributed by atoms with Crippen molar-refractivity contribution in [2.24, 2.45) is 0 Å². The Morgan fingerprint density at radius 1 is 0.732 bits per heavy atom. The average Bonchev–Trinajstić information content (AvgIpc) is 3.74. The lowest BCUT2D eigenvalue weighted by atomic mass is 10.0. The van der Waals surface area contributed by atoms with Crippen LogP contribution in [0.15, 0.2) is 110 Å². The first kappa shape index (κ1) is 24.8. The van der Waals surface area contributed by atoms with Crippen LogP contribution in [0.2, 0.25) is 0 Å². The summed E-state index contributed by atoms with van der Waals surface area (Å²) in [6.07, 6.45) is 8.39. The molecule has 0 aliphatic carbocycles. The normalized spacial score (nSPS) is 12.2. The highest BCUT2D eigenvalue weighted by atomic mass is 15.3. The van der Waals surface area contributed by atoms with Gasteiger partial charge in [0.2, 0.25) is 0 Å². The number of hydrogen-bond donors (Lipinski definition) is 3. The molecule has 1 atom stereocenters. The average molecular weight is 538 g/mol. The zero-order valence-corrected chi connectivity index (χ0v) is 22.9. The predicted molar refractivity (Wildman–Crippen MR) is 164 cm³/mol. The van der Waals surface area contributed by atoms with Gasteiger partial charge >= 0.3 is 0 Å². The van der Waals surface area contributed by atoms with E-state index in [9.17, 15) is 0 Å². The molecule has 0 radical (unpaired) electrons. The number of anilines is 1. The van der Waals surface area contributed by atoms with Crippen molar-refractivity contribution in [1.29, 1.82) is 0 Å². The van der Waals surface area contributed by atoms with Crippen molar-refractivity contribution in [1.82, 2.24) is 29.7 Å². The van der Waals surface area contributed by atoms with Gasteiger partial charge in [-0.15, -0.1) is 10.2 Å². The van der Waals surface area contributed by atoms with Crippen LogP contribution >= 0.6 is 0 Å². The maximum atomic E-state index is 4.85. The summed E-state index contributed by atoms with van der Waals surface area (Å²) in [4.78, 5) is 11.4. The molecule has 0 spiro atoms. The molecule has 0 amide bonds. The largest absolute Gasteiger partial charge is 0.373 e. The van der Waals surface area contributed by atoms with Crippen molar-refractivity contribution < 1.29 is 0 Å². The van der Waals surface area contributed by atoms with Gasteiger partial charge in [0.05, 0.1) is 17.4 Å². The van der Waals surface area contributed by atoms with Gasteiger partial charge in [0.25, 0.3) is 0 Å². The number of aromatic amines is 2. The van der Waals surface area contributed by atoms with Crippen LogP contribution in [-0.4, -0.2) is 29.7 Å². The summed E-state index contributed by atoms with van der Waals surface area (Å²) < 4.78 is 2.23. The Morgan fingerprint density at radius 2 is 1.41 bits per heavy atom. The van der Waals surface area contributed by atoms with Gasteiger partial charge in [-0.1, -0.05) is 54.6 Å². The highest BCUT2D eigenvalue weighted by Crippen LogP contribution is 2.30. The van der Waals surface area contributed by atoms with Crippen molar-refractivity contribution in [3.05, 3.63) is 138 Å². The third kappa shape index (κ3) is 4.87. The van der Waals surface area contributed by atoms with Crippen LogP contribution in [0, 0.1) is 6.92 Å². The number of H-pyrrole nitrogens is 2. The third-order valence-electron chi connectivity index (χ3n) is 7.81. The zero-order chi connectivity index (χ0) is 27.6. The molecule has 4 heterocycles. The summed E-state index contributed by atoms with van der Waals surface area (Å²) >= 11 is 0. The van der Waals surface area contributed by atoms with Crippen molar-refractivity contribution in [3.63, 3.8) is 0 Å². The van der Waals surface area contributed by atoms with E-state index >= 15 is 0 Å². The van der Waals surface area contributed by atoms with E-state index < -0.39 is 0 Å². The number of pyridine rings is 1. The minimum Gasteiger partial charge on any atom is -0.373 e. The van der Waals surface area contributed by atoms with Gasteiger partial charge in [0.15, 0.2) is 5.82 Å². The van der Waals surface area contributed by atoms with E-state index in [1.807, 2.05) is 25.3 Å². The van der Waals surface area contributed by atoms with Crippen LogP contribution in [0.25, 0.3) is 27.5 Å². The number of nitrogens with zero attached hydrogens (tertiary/aromatic N) is 4. The van der Waals surface area contributed by atoms with Crippen LogP contribution in [0.1, 0.15) is 34.5 Å².